The Balaban J connectivity index is 1.34. The summed E-state index contributed by atoms with van der Waals surface area (Å²) < 4.78 is 44.3. The molecule has 0 atom stereocenters. The normalized spacial score (nSPS) is 15.3. The second-order valence-corrected chi connectivity index (χ2v) is 8.42. The molecule has 1 aromatic heterocycles. The predicted molar refractivity (Wildman–Crippen MR) is 111 cm³/mol. The smallest absolute Gasteiger partial charge is 0.262 e. The third kappa shape index (κ3) is 3.20. The number of rotatable bonds is 4. The molecule has 0 fully saturated rings. The standard InChI is InChI=1S/C20H18N4O5S/c21-19-16-7-8-29-20(16)22-12-24(19)14-3-1-13(2-4-14)23-30(25,26)15-5-6-17-18(11-15)28-10-9-27-17/h1-8,11,21-23H,9-10,12H2. The van der Waals surface area contributed by atoms with Gasteiger partial charge in [0, 0.05) is 17.4 Å². The Labute approximate surface area is 172 Å². The molecule has 0 saturated heterocycles. The number of nitrogens with zero attached hydrogens (tertiary/aromatic N) is 1. The number of sulfonamides is 1. The highest BCUT2D eigenvalue weighted by Gasteiger charge is 2.24. The van der Waals surface area contributed by atoms with Crippen molar-refractivity contribution in [2.75, 3.05) is 34.8 Å². The van der Waals surface area contributed by atoms with Crippen LogP contribution in [0.5, 0.6) is 11.5 Å². The van der Waals surface area contributed by atoms with Gasteiger partial charge in [0.25, 0.3) is 10.0 Å². The average molecular weight is 426 g/mol. The molecule has 0 aliphatic carbocycles. The van der Waals surface area contributed by atoms with Crippen LogP contribution >= 0.6 is 0 Å². The lowest BCUT2D eigenvalue weighted by Gasteiger charge is -2.29. The van der Waals surface area contributed by atoms with Gasteiger partial charge in [-0.2, -0.15) is 0 Å². The lowest BCUT2D eigenvalue weighted by molar-refractivity contribution is 0.171. The van der Waals surface area contributed by atoms with Gasteiger partial charge in [-0.25, -0.2) is 8.42 Å². The third-order valence-electron chi connectivity index (χ3n) is 4.84. The summed E-state index contributed by atoms with van der Waals surface area (Å²) in [6, 6.07) is 13.1. The minimum atomic E-state index is -3.79. The summed E-state index contributed by atoms with van der Waals surface area (Å²) in [5.74, 6) is 1.82. The van der Waals surface area contributed by atoms with E-state index < -0.39 is 10.0 Å². The molecule has 2 aliphatic heterocycles. The van der Waals surface area contributed by atoms with Gasteiger partial charge >= 0.3 is 0 Å². The van der Waals surface area contributed by atoms with Gasteiger partial charge in [-0.05, 0) is 42.5 Å². The minimum Gasteiger partial charge on any atom is -0.486 e. The maximum Gasteiger partial charge on any atom is 0.262 e. The fourth-order valence-electron chi connectivity index (χ4n) is 3.34. The molecule has 0 radical (unpaired) electrons. The third-order valence-corrected chi connectivity index (χ3v) is 6.22. The van der Waals surface area contributed by atoms with E-state index in [1.807, 2.05) is 0 Å². The lowest BCUT2D eigenvalue weighted by Crippen LogP contribution is -2.39. The number of nitrogens with one attached hydrogen (secondary N) is 3. The molecule has 5 rings (SSSR count). The first kappa shape index (κ1) is 18.4. The lowest BCUT2D eigenvalue weighted by atomic mass is 10.2. The number of fused-ring (bicyclic) bond motifs is 2. The van der Waals surface area contributed by atoms with Crippen LogP contribution in [0.3, 0.4) is 0 Å². The summed E-state index contributed by atoms with van der Waals surface area (Å²) in [6.45, 7) is 1.20. The van der Waals surface area contributed by atoms with Crippen molar-refractivity contribution in [2.45, 2.75) is 4.90 Å². The quantitative estimate of drug-likeness (QED) is 0.587. The van der Waals surface area contributed by atoms with E-state index in [9.17, 15) is 8.42 Å². The highest BCUT2D eigenvalue weighted by atomic mass is 32.2. The van der Waals surface area contributed by atoms with Crippen LogP contribution in [0.2, 0.25) is 0 Å². The zero-order valence-electron chi connectivity index (χ0n) is 15.7. The molecule has 3 N–H and O–H groups in total. The van der Waals surface area contributed by atoms with Gasteiger partial charge in [0.1, 0.15) is 19.0 Å². The topological polar surface area (TPSA) is 117 Å². The molecule has 0 unspecified atom stereocenters. The van der Waals surface area contributed by atoms with E-state index in [0.29, 0.717) is 54.4 Å². The van der Waals surface area contributed by atoms with E-state index >= 15 is 0 Å². The monoisotopic (exact) mass is 426 g/mol. The summed E-state index contributed by atoms with van der Waals surface area (Å²) in [5.41, 5.74) is 1.83. The maximum absolute atomic E-state index is 12.8. The van der Waals surface area contributed by atoms with Gasteiger partial charge < -0.3 is 24.1 Å². The first-order valence-electron chi connectivity index (χ1n) is 9.22. The van der Waals surface area contributed by atoms with E-state index in [1.54, 1.807) is 41.3 Å². The van der Waals surface area contributed by atoms with Crippen LogP contribution in [-0.2, 0) is 10.0 Å². The molecule has 30 heavy (non-hydrogen) atoms. The largest absolute Gasteiger partial charge is 0.486 e. The first-order chi connectivity index (χ1) is 14.5. The number of hydrogen-bond donors (Lipinski definition) is 3. The van der Waals surface area contributed by atoms with Crippen LogP contribution in [0.15, 0.2) is 64.1 Å². The minimum absolute atomic E-state index is 0.0883. The van der Waals surface area contributed by atoms with Gasteiger partial charge in [-0.3, -0.25) is 10.1 Å². The van der Waals surface area contributed by atoms with Crippen molar-refractivity contribution in [2.24, 2.45) is 0 Å². The van der Waals surface area contributed by atoms with Crippen molar-refractivity contribution in [1.29, 1.82) is 5.41 Å². The highest BCUT2D eigenvalue weighted by Crippen LogP contribution is 2.33. The molecule has 2 aromatic carbocycles. The summed E-state index contributed by atoms with van der Waals surface area (Å²) in [7, 11) is -3.79. The van der Waals surface area contributed by atoms with E-state index in [2.05, 4.69) is 10.0 Å². The Bertz CT molecular complexity index is 1220. The molecule has 154 valence electrons. The van der Waals surface area contributed by atoms with Crippen LogP contribution in [0.1, 0.15) is 5.56 Å². The number of anilines is 3. The van der Waals surface area contributed by atoms with Crippen LogP contribution < -0.4 is 24.4 Å². The second-order valence-electron chi connectivity index (χ2n) is 6.73. The van der Waals surface area contributed by atoms with Crippen LogP contribution in [0.25, 0.3) is 0 Å². The van der Waals surface area contributed by atoms with Crippen molar-refractivity contribution in [3.05, 3.63) is 60.4 Å². The predicted octanol–water partition coefficient (Wildman–Crippen LogP) is 3.07. The van der Waals surface area contributed by atoms with Crippen molar-refractivity contribution in [3.63, 3.8) is 0 Å². The molecule has 0 amide bonds. The van der Waals surface area contributed by atoms with Gasteiger partial charge in [0.2, 0.25) is 5.88 Å². The van der Waals surface area contributed by atoms with Crippen molar-refractivity contribution < 1.29 is 22.3 Å². The number of benzene rings is 2. The SMILES string of the molecule is N=C1c2ccoc2NCN1c1ccc(NS(=O)(=O)c2ccc3c(c2)OCCO3)cc1. The summed E-state index contributed by atoms with van der Waals surface area (Å²) in [6.07, 6.45) is 1.53. The van der Waals surface area contributed by atoms with E-state index in [-0.39, 0.29) is 4.90 Å². The zero-order chi connectivity index (χ0) is 20.7. The highest BCUT2D eigenvalue weighted by molar-refractivity contribution is 7.92. The molecule has 3 aromatic rings. The Kier molecular flexibility index (Phi) is 4.28. The van der Waals surface area contributed by atoms with Crippen molar-refractivity contribution in [3.8, 4) is 11.5 Å². The Morgan fingerprint density at radius 1 is 1.00 bits per heavy atom. The molecule has 10 heteroatoms. The molecule has 3 heterocycles. The molecule has 9 nitrogen and oxygen atoms in total. The Morgan fingerprint density at radius 3 is 2.57 bits per heavy atom. The second kappa shape index (κ2) is 6.99. The van der Waals surface area contributed by atoms with Gasteiger partial charge in [0.15, 0.2) is 11.5 Å². The van der Waals surface area contributed by atoms with Crippen LogP contribution in [0.4, 0.5) is 17.3 Å². The van der Waals surface area contributed by atoms with Crippen molar-refractivity contribution in [1.82, 2.24) is 0 Å². The van der Waals surface area contributed by atoms with E-state index in [1.165, 1.54) is 18.4 Å². The summed E-state index contributed by atoms with van der Waals surface area (Å²) >= 11 is 0. The molecule has 0 spiro atoms. The molecule has 2 aliphatic rings. The van der Waals surface area contributed by atoms with E-state index in [4.69, 9.17) is 19.3 Å². The number of ether oxygens (including phenoxy) is 2. The Hall–Kier alpha value is -3.66. The fraction of sp³-hybridized carbons (Fsp3) is 0.150. The number of hydrogen-bond acceptors (Lipinski definition) is 7. The molecular formula is C20H18N4O5S. The maximum atomic E-state index is 12.8. The Morgan fingerprint density at radius 2 is 1.77 bits per heavy atom. The number of furan rings is 1. The molecule has 0 saturated carbocycles. The molecule has 0 bridgehead atoms. The average Bonchev–Trinajstić information content (AvgIpc) is 3.24. The molecular weight excluding hydrogens is 408 g/mol. The van der Waals surface area contributed by atoms with Gasteiger partial charge in [0.05, 0.1) is 23.4 Å². The van der Waals surface area contributed by atoms with Crippen LogP contribution in [0, 0.1) is 5.41 Å². The first-order valence-corrected chi connectivity index (χ1v) is 10.7. The summed E-state index contributed by atoms with van der Waals surface area (Å²) in [5, 5.41) is 11.5. The zero-order valence-corrected chi connectivity index (χ0v) is 16.5. The van der Waals surface area contributed by atoms with Crippen LogP contribution in [-0.4, -0.2) is 34.1 Å². The number of amidine groups is 1. The van der Waals surface area contributed by atoms with E-state index in [0.717, 1.165) is 5.69 Å². The fourth-order valence-corrected chi connectivity index (χ4v) is 4.42. The summed E-state index contributed by atoms with van der Waals surface area (Å²) in [4.78, 5) is 1.85. The van der Waals surface area contributed by atoms with Crippen molar-refractivity contribution >= 4 is 33.1 Å². The van der Waals surface area contributed by atoms with Gasteiger partial charge in [-0.1, -0.05) is 0 Å². The van der Waals surface area contributed by atoms with Gasteiger partial charge in [-0.15, -0.1) is 0 Å².